The first-order valence-electron chi connectivity index (χ1n) is 5.82. The Bertz CT molecular complexity index is 631. The molecule has 0 amide bonds. The van der Waals surface area contributed by atoms with Gasteiger partial charge in [0.15, 0.2) is 0 Å². The fourth-order valence-corrected chi connectivity index (χ4v) is 2.98. The third-order valence-electron chi connectivity index (χ3n) is 2.99. The molecule has 0 saturated heterocycles. The molecule has 0 bridgehead atoms. The molecule has 2 aromatic rings. The van der Waals surface area contributed by atoms with Crippen LogP contribution in [-0.2, 0) is 6.18 Å². The van der Waals surface area contributed by atoms with Crippen molar-refractivity contribution < 1.29 is 22.7 Å². The second-order valence-electron chi connectivity index (χ2n) is 4.51. The van der Waals surface area contributed by atoms with Crippen LogP contribution in [0.2, 0.25) is 0 Å². The lowest BCUT2D eigenvalue weighted by Crippen LogP contribution is -2.09. The molecule has 0 aliphatic heterocycles. The molecule has 6 heteroatoms. The van der Waals surface area contributed by atoms with Gasteiger partial charge in [-0.1, -0.05) is 0 Å². The van der Waals surface area contributed by atoms with Crippen molar-refractivity contribution in [2.24, 2.45) is 0 Å². The lowest BCUT2D eigenvalue weighted by molar-refractivity contribution is -0.137. The van der Waals surface area contributed by atoms with Gasteiger partial charge in [0, 0.05) is 15.3 Å². The van der Waals surface area contributed by atoms with Gasteiger partial charge >= 0.3 is 6.18 Å². The zero-order valence-corrected chi connectivity index (χ0v) is 11.6. The van der Waals surface area contributed by atoms with Crippen LogP contribution in [0.25, 0.3) is 0 Å². The van der Waals surface area contributed by atoms with Crippen LogP contribution in [0.4, 0.5) is 17.6 Å². The molecule has 1 nitrogen and oxygen atoms in total. The van der Waals surface area contributed by atoms with E-state index < -0.39 is 23.7 Å². The van der Waals surface area contributed by atoms with E-state index in [0.29, 0.717) is 17.7 Å². The minimum atomic E-state index is -4.57. The number of thiophene rings is 1. The number of aryl methyl sites for hydroxylation is 2. The van der Waals surface area contributed by atoms with E-state index in [0.717, 1.165) is 15.8 Å². The number of halogens is 4. The maximum Gasteiger partial charge on any atom is 0.416 e. The molecular weight excluding hydrogens is 292 g/mol. The first-order valence-corrected chi connectivity index (χ1v) is 6.63. The van der Waals surface area contributed by atoms with Crippen LogP contribution in [-0.4, -0.2) is 5.11 Å². The van der Waals surface area contributed by atoms with Gasteiger partial charge in [0.25, 0.3) is 0 Å². The molecule has 20 heavy (non-hydrogen) atoms. The molecule has 0 radical (unpaired) electrons. The standard InChI is InChI=1S/C14H12F4OS/c1-7-5-10(8(2)20-7)13(19)11-6-9(14(16,17)18)3-4-12(11)15/h3-6,13,19H,1-2H3. The van der Waals surface area contributed by atoms with Crippen molar-refractivity contribution in [2.45, 2.75) is 26.1 Å². The van der Waals surface area contributed by atoms with E-state index in [1.807, 2.05) is 6.92 Å². The molecule has 0 fully saturated rings. The number of aliphatic hydroxyl groups is 1. The summed E-state index contributed by atoms with van der Waals surface area (Å²) in [6.45, 7) is 3.55. The molecule has 108 valence electrons. The summed E-state index contributed by atoms with van der Waals surface area (Å²) in [4.78, 5) is 1.66. The van der Waals surface area contributed by atoms with Gasteiger partial charge in [-0.05, 0) is 43.7 Å². The average molecular weight is 304 g/mol. The quantitative estimate of drug-likeness (QED) is 0.804. The van der Waals surface area contributed by atoms with E-state index in [4.69, 9.17) is 0 Å². The largest absolute Gasteiger partial charge is 0.416 e. The number of hydrogen-bond acceptors (Lipinski definition) is 2. The Kier molecular flexibility index (Phi) is 3.88. The Balaban J connectivity index is 2.49. The van der Waals surface area contributed by atoms with E-state index in [1.165, 1.54) is 11.3 Å². The summed E-state index contributed by atoms with van der Waals surface area (Å²) in [6.07, 6.45) is -5.97. The van der Waals surface area contributed by atoms with E-state index in [9.17, 15) is 22.7 Å². The fraction of sp³-hybridized carbons (Fsp3) is 0.286. The molecule has 1 aromatic heterocycles. The summed E-state index contributed by atoms with van der Waals surface area (Å²) >= 11 is 1.40. The van der Waals surface area contributed by atoms with Gasteiger partial charge < -0.3 is 5.11 Å². The van der Waals surface area contributed by atoms with Crippen LogP contribution in [0.15, 0.2) is 24.3 Å². The number of aliphatic hydroxyl groups excluding tert-OH is 1. The highest BCUT2D eigenvalue weighted by Crippen LogP contribution is 2.35. The fourth-order valence-electron chi connectivity index (χ4n) is 2.02. The van der Waals surface area contributed by atoms with E-state index in [1.54, 1.807) is 13.0 Å². The van der Waals surface area contributed by atoms with Crippen LogP contribution in [0.3, 0.4) is 0 Å². The summed E-state index contributed by atoms with van der Waals surface area (Å²) in [5.74, 6) is -0.853. The number of benzene rings is 1. The summed E-state index contributed by atoms with van der Waals surface area (Å²) in [5, 5.41) is 10.2. The van der Waals surface area contributed by atoms with Crippen molar-refractivity contribution in [3.05, 3.63) is 56.5 Å². The predicted molar refractivity (Wildman–Crippen MR) is 69.3 cm³/mol. The molecule has 2 rings (SSSR count). The van der Waals surface area contributed by atoms with Gasteiger partial charge in [0.2, 0.25) is 0 Å². The average Bonchev–Trinajstić information content (AvgIpc) is 2.66. The van der Waals surface area contributed by atoms with Crippen molar-refractivity contribution in [2.75, 3.05) is 0 Å². The topological polar surface area (TPSA) is 20.2 Å². The van der Waals surface area contributed by atoms with Crippen LogP contribution in [0.5, 0.6) is 0 Å². The molecule has 0 spiro atoms. The summed E-state index contributed by atoms with van der Waals surface area (Å²) < 4.78 is 51.6. The summed E-state index contributed by atoms with van der Waals surface area (Å²) in [6, 6.07) is 3.71. The molecule has 0 saturated carbocycles. The highest BCUT2D eigenvalue weighted by molar-refractivity contribution is 7.12. The molecule has 1 aromatic carbocycles. The predicted octanol–water partition coefficient (Wildman–Crippen LogP) is 4.60. The minimum absolute atomic E-state index is 0.360. The third kappa shape index (κ3) is 2.86. The van der Waals surface area contributed by atoms with E-state index in [-0.39, 0.29) is 5.56 Å². The molecule has 1 N–H and O–H groups in total. The van der Waals surface area contributed by atoms with Crippen molar-refractivity contribution in [1.82, 2.24) is 0 Å². The molecule has 1 heterocycles. The monoisotopic (exact) mass is 304 g/mol. The maximum atomic E-state index is 13.7. The van der Waals surface area contributed by atoms with Crippen LogP contribution in [0.1, 0.15) is 32.5 Å². The molecule has 0 aliphatic carbocycles. The highest BCUT2D eigenvalue weighted by Gasteiger charge is 2.32. The highest BCUT2D eigenvalue weighted by atomic mass is 32.1. The number of alkyl halides is 3. The minimum Gasteiger partial charge on any atom is -0.384 e. The van der Waals surface area contributed by atoms with Crippen LogP contribution >= 0.6 is 11.3 Å². The SMILES string of the molecule is Cc1cc(C(O)c2cc(C(F)(F)F)ccc2F)c(C)s1. The van der Waals surface area contributed by atoms with E-state index in [2.05, 4.69) is 0 Å². The summed E-state index contributed by atoms with van der Waals surface area (Å²) in [7, 11) is 0. The smallest absolute Gasteiger partial charge is 0.384 e. The first-order chi connectivity index (χ1) is 9.20. The van der Waals surface area contributed by atoms with Gasteiger partial charge in [-0.3, -0.25) is 0 Å². The molecule has 0 aliphatic rings. The van der Waals surface area contributed by atoms with Crippen molar-refractivity contribution in [1.29, 1.82) is 0 Å². The van der Waals surface area contributed by atoms with Crippen molar-refractivity contribution in [3.63, 3.8) is 0 Å². The number of rotatable bonds is 2. The summed E-state index contributed by atoms with van der Waals surface area (Å²) in [5.41, 5.74) is -0.899. The molecule has 1 unspecified atom stereocenters. The van der Waals surface area contributed by atoms with Crippen molar-refractivity contribution >= 4 is 11.3 Å². The molecular formula is C14H12F4OS. The normalized spacial score (nSPS) is 13.6. The van der Waals surface area contributed by atoms with Gasteiger partial charge in [-0.25, -0.2) is 4.39 Å². The second kappa shape index (κ2) is 5.18. The Morgan fingerprint density at radius 1 is 1.10 bits per heavy atom. The Hall–Kier alpha value is -1.40. The number of hydrogen-bond donors (Lipinski definition) is 1. The zero-order chi connectivity index (χ0) is 15.1. The van der Waals surface area contributed by atoms with Crippen LogP contribution < -0.4 is 0 Å². The lowest BCUT2D eigenvalue weighted by Gasteiger charge is -2.14. The Morgan fingerprint density at radius 3 is 2.25 bits per heavy atom. The van der Waals surface area contributed by atoms with Gasteiger partial charge in [0.1, 0.15) is 11.9 Å². The molecule has 1 atom stereocenters. The van der Waals surface area contributed by atoms with E-state index >= 15 is 0 Å². The first kappa shape index (κ1) is 15.0. The van der Waals surface area contributed by atoms with Gasteiger partial charge in [0.05, 0.1) is 5.56 Å². The lowest BCUT2D eigenvalue weighted by atomic mass is 9.99. The van der Waals surface area contributed by atoms with Crippen molar-refractivity contribution in [3.8, 4) is 0 Å². The van der Waals surface area contributed by atoms with Gasteiger partial charge in [-0.15, -0.1) is 11.3 Å². The third-order valence-corrected chi connectivity index (χ3v) is 3.97. The Morgan fingerprint density at radius 2 is 1.75 bits per heavy atom. The zero-order valence-electron chi connectivity index (χ0n) is 10.8. The maximum absolute atomic E-state index is 13.7. The second-order valence-corrected chi connectivity index (χ2v) is 5.97. The Labute approximate surface area is 117 Å². The van der Waals surface area contributed by atoms with Crippen LogP contribution in [0, 0.1) is 19.7 Å². The van der Waals surface area contributed by atoms with Gasteiger partial charge in [-0.2, -0.15) is 13.2 Å².